The average Bonchev–Trinajstić information content (AvgIpc) is 2.24. The molecule has 0 spiro atoms. The minimum atomic E-state index is -0.0392. The molecule has 0 radical (unpaired) electrons. The maximum atomic E-state index is 8.95. The fourth-order valence-corrected chi connectivity index (χ4v) is 1.16. The van der Waals surface area contributed by atoms with E-state index in [1.807, 2.05) is 20.8 Å². The highest BCUT2D eigenvalue weighted by Gasteiger charge is 2.09. The van der Waals surface area contributed by atoms with Crippen molar-refractivity contribution in [3.63, 3.8) is 0 Å². The lowest BCUT2D eigenvalue weighted by atomic mass is 10.2. The Morgan fingerprint density at radius 3 is 2.67 bits per heavy atom. The highest BCUT2D eigenvalue weighted by Crippen LogP contribution is 2.17. The first kappa shape index (κ1) is 11.7. The fraction of sp³-hybridized carbons (Fsp3) is 0.600. The summed E-state index contributed by atoms with van der Waals surface area (Å²) in [6, 6.07) is -0.0392. The van der Waals surface area contributed by atoms with Crippen molar-refractivity contribution >= 4 is 11.6 Å². The fourth-order valence-electron chi connectivity index (χ4n) is 1.16. The van der Waals surface area contributed by atoms with Crippen LogP contribution in [0.3, 0.4) is 0 Å². The molecule has 1 atom stereocenters. The first-order valence-corrected chi connectivity index (χ1v) is 5.08. The van der Waals surface area contributed by atoms with Gasteiger partial charge < -0.3 is 16.2 Å². The van der Waals surface area contributed by atoms with Crippen LogP contribution in [0.2, 0.25) is 0 Å². The van der Waals surface area contributed by atoms with Gasteiger partial charge in [0.15, 0.2) is 0 Å². The Morgan fingerprint density at radius 1 is 1.47 bits per heavy atom. The zero-order valence-electron chi connectivity index (χ0n) is 9.41. The van der Waals surface area contributed by atoms with E-state index in [1.165, 1.54) is 0 Å². The number of aromatic nitrogens is 2. The number of aliphatic hydroxyl groups excluding tert-OH is 1. The van der Waals surface area contributed by atoms with Gasteiger partial charge in [0.05, 0.1) is 6.61 Å². The summed E-state index contributed by atoms with van der Waals surface area (Å²) in [6.45, 7) is 5.78. The molecule has 0 aliphatic heterocycles. The van der Waals surface area contributed by atoms with Gasteiger partial charge in [-0.05, 0) is 13.8 Å². The molecule has 1 aromatic rings. The minimum Gasteiger partial charge on any atom is -0.394 e. The van der Waals surface area contributed by atoms with Gasteiger partial charge in [0.2, 0.25) is 0 Å². The molecule has 0 fully saturated rings. The van der Waals surface area contributed by atoms with Crippen molar-refractivity contribution in [3.05, 3.63) is 11.4 Å². The predicted molar refractivity (Wildman–Crippen MR) is 60.7 cm³/mol. The maximum absolute atomic E-state index is 8.95. The van der Waals surface area contributed by atoms with E-state index in [1.54, 1.807) is 0 Å². The maximum Gasteiger partial charge on any atom is 0.135 e. The van der Waals surface area contributed by atoms with Crippen LogP contribution in [0.5, 0.6) is 0 Å². The van der Waals surface area contributed by atoms with Crippen LogP contribution < -0.4 is 11.1 Å². The molecule has 0 saturated carbocycles. The second kappa shape index (κ2) is 4.93. The van der Waals surface area contributed by atoms with Crippen LogP contribution in [0.4, 0.5) is 11.6 Å². The SMILES string of the molecule is CCc1nc(N)c(C)c(NC(C)CO)n1. The largest absolute Gasteiger partial charge is 0.394 e. The van der Waals surface area contributed by atoms with Crippen molar-refractivity contribution < 1.29 is 5.11 Å². The number of nitrogens with zero attached hydrogens (tertiary/aromatic N) is 2. The first-order valence-electron chi connectivity index (χ1n) is 5.08. The van der Waals surface area contributed by atoms with Crippen molar-refractivity contribution in [1.29, 1.82) is 0 Å². The third-order valence-corrected chi connectivity index (χ3v) is 2.20. The first-order chi connectivity index (χ1) is 7.08. The molecule has 0 aliphatic rings. The Labute approximate surface area is 89.7 Å². The number of hydrogen-bond donors (Lipinski definition) is 3. The number of nitrogens with one attached hydrogen (secondary N) is 1. The lowest BCUT2D eigenvalue weighted by Gasteiger charge is -2.15. The van der Waals surface area contributed by atoms with Crippen molar-refractivity contribution in [2.75, 3.05) is 17.7 Å². The molecule has 84 valence electrons. The normalized spacial score (nSPS) is 12.5. The molecular formula is C10H18N4O. The minimum absolute atomic E-state index is 0.0392. The highest BCUT2D eigenvalue weighted by molar-refractivity contribution is 5.55. The third-order valence-electron chi connectivity index (χ3n) is 2.20. The molecule has 5 nitrogen and oxygen atoms in total. The zero-order valence-corrected chi connectivity index (χ0v) is 9.41. The number of nitrogens with two attached hydrogens (primary N) is 1. The standard InChI is InChI=1S/C10H18N4O/c1-4-8-13-9(11)7(3)10(14-8)12-6(2)5-15/h6,15H,4-5H2,1-3H3,(H3,11,12,13,14). The number of aryl methyl sites for hydroxylation is 1. The van der Waals surface area contributed by atoms with Crippen LogP contribution in [0, 0.1) is 6.92 Å². The second-order valence-electron chi connectivity index (χ2n) is 3.58. The van der Waals surface area contributed by atoms with Crippen molar-refractivity contribution in [1.82, 2.24) is 9.97 Å². The summed E-state index contributed by atoms with van der Waals surface area (Å²) in [5.74, 6) is 1.92. The number of nitrogen functional groups attached to an aromatic ring is 1. The molecule has 0 amide bonds. The van der Waals surface area contributed by atoms with Crippen LogP contribution in [0.1, 0.15) is 25.2 Å². The summed E-state index contributed by atoms with van der Waals surface area (Å²) in [7, 11) is 0. The van der Waals surface area contributed by atoms with Gasteiger partial charge in [0.25, 0.3) is 0 Å². The molecule has 0 saturated heterocycles. The van der Waals surface area contributed by atoms with E-state index in [0.29, 0.717) is 17.5 Å². The summed E-state index contributed by atoms with van der Waals surface area (Å²) in [5.41, 5.74) is 6.59. The lowest BCUT2D eigenvalue weighted by molar-refractivity contribution is 0.281. The molecule has 15 heavy (non-hydrogen) atoms. The Bertz CT molecular complexity index is 340. The van der Waals surface area contributed by atoms with Crippen LogP contribution >= 0.6 is 0 Å². The van der Waals surface area contributed by atoms with E-state index in [4.69, 9.17) is 10.8 Å². The molecule has 0 aliphatic carbocycles. The molecule has 5 heteroatoms. The van der Waals surface area contributed by atoms with Crippen LogP contribution in [0.25, 0.3) is 0 Å². The van der Waals surface area contributed by atoms with Gasteiger partial charge in [0, 0.05) is 18.0 Å². The molecule has 0 aromatic carbocycles. The quantitative estimate of drug-likeness (QED) is 0.682. The van der Waals surface area contributed by atoms with Crippen molar-refractivity contribution in [3.8, 4) is 0 Å². The molecule has 1 aromatic heterocycles. The van der Waals surface area contributed by atoms with Crippen LogP contribution in [0.15, 0.2) is 0 Å². The second-order valence-corrected chi connectivity index (χ2v) is 3.58. The Kier molecular flexibility index (Phi) is 3.85. The van der Waals surface area contributed by atoms with E-state index in [-0.39, 0.29) is 12.6 Å². The molecular weight excluding hydrogens is 192 g/mol. The summed E-state index contributed by atoms with van der Waals surface area (Å²) in [6.07, 6.45) is 0.743. The lowest BCUT2D eigenvalue weighted by Crippen LogP contribution is -2.21. The Balaban J connectivity index is 2.99. The Hall–Kier alpha value is -1.36. The van der Waals surface area contributed by atoms with Crippen molar-refractivity contribution in [2.24, 2.45) is 0 Å². The van der Waals surface area contributed by atoms with Crippen LogP contribution in [-0.2, 0) is 6.42 Å². The topological polar surface area (TPSA) is 84.1 Å². The van der Waals surface area contributed by atoms with Crippen molar-refractivity contribution in [2.45, 2.75) is 33.2 Å². The van der Waals surface area contributed by atoms with Gasteiger partial charge in [-0.1, -0.05) is 6.92 Å². The number of anilines is 2. The summed E-state index contributed by atoms with van der Waals surface area (Å²) >= 11 is 0. The average molecular weight is 210 g/mol. The van der Waals surface area contributed by atoms with E-state index in [9.17, 15) is 0 Å². The third kappa shape index (κ3) is 2.79. The van der Waals surface area contributed by atoms with Gasteiger partial charge in [-0.25, -0.2) is 9.97 Å². The molecule has 0 bridgehead atoms. The zero-order chi connectivity index (χ0) is 11.4. The monoisotopic (exact) mass is 210 g/mol. The van der Waals surface area contributed by atoms with E-state index >= 15 is 0 Å². The van der Waals surface area contributed by atoms with Gasteiger partial charge in [-0.15, -0.1) is 0 Å². The predicted octanol–water partition coefficient (Wildman–Crippen LogP) is 0.722. The van der Waals surface area contributed by atoms with E-state index in [2.05, 4.69) is 15.3 Å². The molecule has 4 N–H and O–H groups in total. The molecule has 1 heterocycles. The number of rotatable bonds is 4. The summed E-state index contributed by atoms with van der Waals surface area (Å²) in [4.78, 5) is 8.48. The van der Waals surface area contributed by atoms with Gasteiger partial charge >= 0.3 is 0 Å². The van der Waals surface area contributed by atoms with Crippen LogP contribution in [-0.4, -0.2) is 27.7 Å². The summed E-state index contributed by atoms with van der Waals surface area (Å²) in [5, 5.41) is 12.0. The van der Waals surface area contributed by atoms with E-state index < -0.39 is 0 Å². The van der Waals surface area contributed by atoms with Gasteiger partial charge in [-0.2, -0.15) is 0 Å². The Morgan fingerprint density at radius 2 is 2.13 bits per heavy atom. The summed E-state index contributed by atoms with van der Waals surface area (Å²) < 4.78 is 0. The van der Waals surface area contributed by atoms with E-state index in [0.717, 1.165) is 12.0 Å². The molecule has 1 unspecified atom stereocenters. The highest BCUT2D eigenvalue weighted by atomic mass is 16.3. The number of hydrogen-bond acceptors (Lipinski definition) is 5. The smallest absolute Gasteiger partial charge is 0.135 e. The molecule has 1 rings (SSSR count). The number of aliphatic hydroxyl groups is 1. The van der Waals surface area contributed by atoms with Gasteiger partial charge in [0.1, 0.15) is 17.5 Å². The van der Waals surface area contributed by atoms with Gasteiger partial charge in [-0.3, -0.25) is 0 Å².